The third-order valence-electron chi connectivity index (χ3n) is 4.66. The summed E-state index contributed by atoms with van der Waals surface area (Å²) >= 11 is 0. The second-order valence-electron chi connectivity index (χ2n) is 6.23. The van der Waals surface area contributed by atoms with E-state index in [1.165, 1.54) is 24.8 Å². The van der Waals surface area contributed by atoms with E-state index in [4.69, 9.17) is 0 Å². The first kappa shape index (κ1) is 14.3. The Morgan fingerprint density at radius 3 is 2.32 bits per heavy atom. The number of rotatable bonds is 4. The molecule has 1 heterocycles. The molecule has 1 aliphatic heterocycles. The fraction of sp³-hybridized carbons (Fsp3) is 0.588. The van der Waals surface area contributed by atoms with Crippen molar-refractivity contribution < 1.29 is 4.79 Å². The minimum atomic E-state index is 0.250. The number of hydrogen-bond donors (Lipinski definition) is 0. The van der Waals surface area contributed by atoms with E-state index in [1.807, 2.05) is 31.2 Å². The minimum absolute atomic E-state index is 0.250. The molecule has 2 nitrogen and oxygen atoms in total. The lowest BCUT2D eigenvalue weighted by atomic mass is 9.78. The number of carbonyl (C=O) groups is 1. The standard InChI is InChI=1S/C17H25NO/c1-4-17(3)9-11-18(12-10-17)13-16(19)15-7-5-14(2)6-8-15/h5-8H,4,9-13H2,1-3H3. The van der Waals surface area contributed by atoms with Crippen LogP contribution in [0.5, 0.6) is 0 Å². The number of likely N-dealkylation sites (tertiary alicyclic amines) is 1. The Balaban J connectivity index is 1.89. The number of hydrogen-bond acceptors (Lipinski definition) is 2. The fourth-order valence-electron chi connectivity index (χ4n) is 2.64. The summed E-state index contributed by atoms with van der Waals surface area (Å²) in [6, 6.07) is 7.91. The van der Waals surface area contributed by atoms with Crippen molar-refractivity contribution in [2.45, 2.75) is 40.0 Å². The van der Waals surface area contributed by atoms with Crippen molar-refractivity contribution in [2.75, 3.05) is 19.6 Å². The van der Waals surface area contributed by atoms with Crippen LogP contribution >= 0.6 is 0 Å². The van der Waals surface area contributed by atoms with Crippen LogP contribution < -0.4 is 0 Å². The SMILES string of the molecule is CCC1(C)CCN(CC(=O)c2ccc(C)cc2)CC1. The fourth-order valence-corrected chi connectivity index (χ4v) is 2.64. The molecule has 0 aliphatic carbocycles. The van der Waals surface area contributed by atoms with Gasteiger partial charge in [0.25, 0.3) is 0 Å². The van der Waals surface area contributed by atoms with Gasteiger partial charge in [0, 0.05) is 5.56 Å². The van der Waals surface area contributed by atoms with Crippen LogP contribution in [-0.4, -0.2) is 30.3 Å². The van der Waals surface area contributed by atoms with Gasteiger partial charge in [0.15, 0.2) is 5.78 Å². The molecule has 0 bridgehead atoms. The van der Waals surface area contributed by atoms with Gasteiger partial charge in [-0.25, -0.2) is 0 Å². The zero-order valence-electron chi connectivity index (χ0n) is 12.4. The second kappa shape index (κ2) is 5.87. The van der Waals surface area contributed by atoms with Crippen LogP contribution in [0.1, 0.15) is 49.0 Å². The Bertz CT molecular complexity index is 427. The van der Waals surface area contributed by atoms with Crippen molar-refractivity contribution in [1.82, 2.24) is 4.90 Å². The minimum Gasteiger partial charge on any atom is -0.296 e. The number of nitrogens with zero attached hydrogens (tertiary/aromatic N) is 1. The summed E-state index contributed by atoms with van der Waals surface area (Å²) in [6.45, 7) is 9.37. The van der Waals surface area contributed by atoms with Crippen LogP contribution in [0.25, 0.3) is 0 Å². The normalized spacial score (nSPS) is 19.3. The maximum Gasteiger partial charge on any atom is 0.176 e. The molecule has 0 amide bonds. The molecule has 0 radical (unpaired) electrons. The zero-order valence-corrected chi connectivity index (χ0v) is 12.4. The molecule has 104 valence electrons. The van der Waals surface area contributed by atoms with Crippen LogP contribution in [0.4, 0.5) is 0 Å². The molecule has 1 fully saturated rings. The number of benzene rings is 1. The van der Waals surface area contributed by atoms with Gasteiger partial charge in [0.05, 0.1) is 6.54 Å². The molecule has 0 saturated carbocycles. The van der Waals surface area contributed by atoms with Crippen LogP contribution in [0.3, 0.4) is 0 Å². The summed E-state index contributed by atoms with van der Waals surface area (Å²) in [5.41, 5.74) is 2.53. The zero-order chi connectivity index (χ0) is 13.9. The predicted octanol–water partition coefficient (Wildman–Crippen LogP) is 3.69. The van der Waals surface area contributed by atoms with Crippen LogP contribution in [0.2, 0.25) is 0 Å². The van der Waals surface area contributed by atoms with Crippen molar-refractivity contribution in [2.24, 2.45) is 5.41 Å². The first-order chi connectivity index (χ1) is 9.02. The molecule has 2 heteroatoms. The van der Waals surface area contributed by atoms with Gasteiger partial charge in [-0.3, -0.25) is 9.69 Å². The van der Waals surface area contributed by atoms with Crippen molar-refractivity contribution in [3.05, 3.63) is 35.4 Å². The lowest BCUT2D eigenvalue weighted by molar-refractivity contribution is 0.0813. The average Bonchev–Trinajstić information content (AvgIpc) is 2.42. The molecule has 0 aromatic heterocycles. The van der Waals surface area contributed by atoms with Gasteiger partial charge in [-0.15, -0.1) is 0 Å². The van der Waals surface area contributed by atoms with Gasteiger partial charge in [-0.1, -0.05) is 50.1 Å². The molecule has 0 atom stereocenters. The molecule has 19 heavy (non-hydrogen) atoms. The lowest BCUT2D eigenvalue weighted by Crippen LogP contribution is -2.40. The predicted molar refractivity (Wildman–Crippen MR) is 79.6 cm³/mol. The highest BCUT2D eigenvalue weighted by atomic mass is 16.1. The third kappa shape index (κ3) is 3.66. The largest absolute Gasteiger partial charge is 0.296 e. The Kier molecular flexibility index (Phi) is 4.41. The smallest absolute Gasteiger partial charge is 0.176 e. The van der Waals surface area contributed by atoms with Gasteiger partial charge in [-0.2, -0.15) is 0 Å². The molecular formula is C17H25NO. The van der Waals surface area contributed by atoms with Crippen LogP contribution in [-0.2, 0) is 0 Å². The summed E-state index contributed by atoms with van der Waals surface area (Å²) in [5.74, 6) is 0.250. The van der Waals surface area contributed by atoms with E-state index in [2.05, 4.69) is 18.7 Å². The summed E-state index contributed by atoms with van der Waals surface area (Å²) in [5, 5.41) is 0. The third-order valence-corrected chi connectivity index (χ3v) is 4.66. The van der Waals surface area contributed by atoms with Crippen molar-refractivity contribution in [3.63, 3.8) is 0 Å². The first-order valence-corrected chi connectivity index (χ1v) is 7.35. The van der Waals surface area contributed by atoms with Crippen molar-refractivity contribution in [3.8, 4) is 0 Å². The Morgan fingerprint density at radius 2 is 1.79 bits per heavy atom. The average molecular weight is 259 g/mol. The van der Waals surface area contributed by atoms with Gasteiger partial charge in [0.2, 0.25) is 0 Å². The Hall–Kier alpha value is -1.15. The highest BCUT2D eigenvalue weighted by molar-refractivity contribution is 5.97. The van der Waals surface area contributed by atoms with Gasteiger partial charge in [-0.05, 0) is 38.3 Å². The molecule has 0 N–H and O–H groups in total. The quantitative estimate of drug-likeness (QED) is 0.769. The summed E-state index contributed by atoms with van der Waals surface area (Å²) < 4.78 is 0. The topological polar surface area (TPSA) is 20.3 Å². The van der Waals surface area contributed by atoms with Crippen LogP contribution in [0.15, 0.2) is 24.3 Å². The molecular weight excluding hydrogens is 234 g/mol. The molecule has 1 saturated heterocycles. The highest BCUT2D eigenvalue weighted by Gasteiger charge is 2.28. The first-order valence-electron chi connectivity index (χ1n) is 7.35. The van der Waals surface area contributed by atoms with E-state index >= 15 is 0 Å². The van der Waals surface area contributed by atoms with E-state index in [0.717, 1.165) is 18.7 Å². The number of piperidine rings is 1. The Labute approximate surface area is 116 Å². The van der Waals surface area contributed by atoms with E-state index in [0.29, 0.717) is 12.0 Å². The van der Waals surface area contributed by atoms with E-state index < -0.39 is 0 Å². The Morgan fingerprint density at radius 1 is 1.21 bits per heavy atom. The van der Waals surface area contributed by atoms with Crippen molar-refractivity contribution in [1.29, 1.82) is 0 Å². The molecule has 2 rings (SSSR count). The van der Waals surface area contributed by atoms with Gasteiger partial charge in [0.1, 0.15) is 0 Å². The maximum atomic E-state index is 12.2. The van der Waals surface area contributed by atoms with E-state index in [1.54, 1.807) is 0 Å². The molecule has 1 aromatic rings. The van der Waals surface area contributed by atoms with E-state index in [9.17, 15) is 4.79 Å². The number of ketones is 1. The van der Waals surface area contributed by atoms with Gasteiger partial charge < -0.3 is 0 Å². The number of carbonyl (C=O) groups excluding carboxylic acids is 1. The van der Waals surface area contributed by atoms with Crippen molar-refractivity contribution >= 4 is 5.78 Å². The lowest BCUT2D eigenvalue weighted by Gasteiger charge is -2.38. The molecule has 1 aliphatic rings. The van der Waals surface area contributed by atoms with E-state index in [-0.39, 0.29) is 5.78 Å². The highest BCUT2D eigenvalue weighted by Crippen LogP contribution is 2.33. The molecule has 0 unspecified atom stereocenters. The number of aryl methyl sites for hydroxylation is 1. The van der Waals surface area contributed by atoms with Crippen LogP contribution in [0, 0.1) is 12.3 Å². The van der Waals surface area contributed by atoms with Gasteiger partial charge >= 0.3 is 0 Å². The number of Topliss-reactive ketones (excluding diaryl/α,β-unsaturated/α-hetero) is 1. The molecule has 0 spiro atoms. The maximum absolute atomic E-state index is 12.2. The monoisotopic (exact) mass is 259 g/mol. The summed E-state index contributed by atoms with van der Waals surface area (Å²) in [4.78, 5) is 14.5. The summed E-state index contributed by atoms with van der Waals surface area (Å²) in [7, 11) is 0. The second-order valence-corrected chi connectivity index (χ2v) is 6.23. The summed E-state index contributed by atoms with van der Waals surface area (Å²) in [6.07, 6.45) is 3.67. The molecule has 1 aromatic carbocycles.